The Labute approximate surface area is 158 Å². The Morgan fingerprint density at radius 3 is 3.00 bits per heavy atom. The van der Waals surface area contributed by atoms with Crippen LogP contribution in [0.15, 0.2) is 42.7 Å². The van der Waals surface area contributed by atoms with Crippen LogP contribution in [0.25, 0.3) is 0 Å². The van der Waals surface area contributed by atoms with Gasteiger partial charge in [-0.3, -0.25) is 14.6 Å². The topological polar surface area (TPSA) is 75.6 Å². The van der Waals surface area contributed by atoms with Gasteiger partial charge in [0.15, 0.2) is 5.69 Å². The van der Waals surface area contributed by atoms with Gasteiger partial charge in [0.2, 0.25) is 0 Å². The van der Waals surface area contributed by atoms with E-state index in [1.807, 2.05) is 36.5 Å². The number of terminal acetylenes is 1. The highest BCUT2D eigenvalue weighted by atomic mass is 16.2. The number of aromatic nitrogens is 4. The summed E-state index contributed by atoms with van der Waals surface area (Å²) in [6, 6.07) is 10.1. The van der Waals surface area contributed by atoms with Crippen LogP contribution in [-0.2, 0) is 19.4 Å². The molecule has 1 atom stereocenters. The van der Waals surface area contributed by atoms with E-state index in [1.54, 1.807) is 10.9 Å². The lowest BCUT2D eigenvalue weighted by Crippen LogP contribution is -2.25. The molecule has 1 aliphatic rings. The number of aromatic amines is 1. The molecule has 2 N–H and O–H groups in total. The fraction of sp³-hybridized carbons (Fsp3) is 0.286. The Balaban J connectivity index is 1.46. The zero-order chi connectivity index (χ0) is 18.9. The molecule has 0 saturated carbocycles. The molecule has 2 heterocycles. The normalized spacial score (nSPS) is 18.5. The van der Waals surface area contributed by atoms with E-state index < -0.39 is 0 Å². The van der Waals surface area contributed by atoms with Crippen LogP contribution >= 0.6 is 0 Å². The molecular weight excluding hydrogens is 338 g/mol. The van der Waals surface area contributed by atoms with Gasteiger partial charge in [-0.1, -0.05) is 36.3 Å². The summed E-state index contributed by atoms with van der Waals surface area (Å²) in [4.78, 5) is 12.7. The van der Waals surface area contributed by atoms with Gasteiger partial charge < -0.3 is 5.32 Å². The van der Waals surface area contributed by atoms with E-state index in [0.29, 0.717) is 24.3 Å². The molecule has 0 radical (unpaired) electrons. The number of nitrogens with zero attached hydrogens (tertiary/aromatic N) is 3. The summed E-state index contributed by atoms with van der Waals surface area (Å²) in [6.45, 7) is 2.72. The van der Waals surface area contributed by atoms with E-state index in [0.717, 1.165) is 29.7 Å². The zero-order valence-electron chi connectivity index (χ0n) is 15.2. The maximum atomic E-state index is 12.7. The van der Waals surface area contributed by atoms with E-state index in [4.69, 9.17) is 6.42 Å². The van der Waals surface area contributed by atoms with Gasteiger partial charge in [0.05, 0.1) is 18.4 Å². The average molecular weight is 359 g/mol. The Bertz CT molecular complexity index is 1010. The lowest BCUT2D eigenvalue weighted by molar-refractivity contribution is 0.102. The summed E-state index contributed by atoms with van der Waals surface area (Å²) in [5.41, 5.74) is 4.00. The fourth-order valence-electron chi connectivity index (χ4n) is 3.48. The van der Waals surface area contributed by atoms with E-state index in [2.05, 4.69) is 33.5 Å². The van der Waals surface area contributed by atoms with Crippen molar-refractivity contribution in [3.05, 3.63) is 65.2 Å². The van der Waals surface area contributed by atoms with Crippen molar-refractivity contribution in [2.24, 2.45) is 5.41 Å². The molecule has 1 amide bonds. The molecule has 4 rings (SSSR count). The third kappa shape index (κ3) is 3.49. The molecule has 1 unspecified atom stereocenters. The predicted molar refractivity (Wildman–Crippen MR) is 103 cm³/mol. The summed E-state index contributed by atoms with van der Waals surface area (Å²) < 4.78 is 1.79. The average Bonchev–Trinajstić information content (AvgIpc) is 3.29. The van der Waals surface area contributed by atoms with Crippen LogP contribution in [0, 0.1) is 17.8 Å². The van der Waals surface area contributed by atoms with Gasteiger partial charge in [-0.25, -0.2) is 0 Å². The van der Waals surface area contributed by atoms with Crippen LogP contribution in [0.4, 0.5) is 5.69 Å². The van der Waals surface area contributed by atoms with Crippen molar-refractivity contribution in [3.8, 4) is 12.3 Å². The quantitative estimate of drug-likeness (QED) is 0.703. The van der Waals surface area contributed by atoms with Gasteiger partial charge in [0.1, 0.15) is 0 Å². The number of benzene rings is 1. The predicted octanol–water partition coefficient (Wildman–Crippen LogP) is 3.04. The summed E-state index contributed by atoms with van der Waals surface area (Å²) in [6.07, 6.45) is 11.4. The molecule has 3 aromatic rings. The number of nitrogens with one attached hydrogen (secondary N) is 2. The SMILES string of the molecule is C#CC1(C)CCc2c(C(=O)Nc3cnn(Cc4ccccc4)c3)n[nH]c2C1. The van der Waals surface area contributed by atoms with Crippen LogP contribution in [0.1, 0.15) is 40.7 Å². The van der Waals surface area contributed by atoms with E-state index in [-0.39, 0.29) is 11.3 Å². The minimum absolute atomic E-state index is 0.175. The van der Waals surface area contributed by atoms with Gasteiger partial charge in [-0.2, -0.15) is 10.2 Å². The summed E-state index contributed by atoms with van der Waals surface area (Å²) in [5, 5.41) is 14.4. The number of H-pyrrole nitrogens is 1. The van der Waals surface area contributed by atoms with E-state index >= 15 is 0 Å². The van der Waals surface area contributed by atoms with E-state index in [1.165, 1.54) is 0 Å². The number of hydrogen-bond donors (Lipinski definition) is 2. The van der Waals surface area contributed by atoms with Gasteiger partial charge >= 0.3 is 0 Å². The number of carbonyl (C=O) groups is 1. The number of amides is 1. The minimum Gasteiger partial charge on any atom is -0.318 e. The van der Waals surface area contributed by atoms with Crippen molar-refractivity contribution in [3.63, 3.8) is 0 Å². The highest BCUT2D eigenvalue weighted by Gasteiger charge is 2.32. The molecule has 27 heavy (non-hydrogen) atoms. The number of anilines is 1. The second-order valence-corrected chi connectivity index (χ2v) is 7.28. The van der Waals surface area contributed by atoms with Crippen LogP contribution in [0.5, 0.6) is 0 Å². The van der Waals surface area contributed by atoms with Crippen molar-refractivity contribution in [2.45, 2.75) is 32.7 Å². The first-order valence-corrected chi connectivity index (χ1v) is 8.98. The Morgan fingerprint density at radius 1 is 1.41 bits per heavy atom. The van der Waals surface area contributed by atoms with Crippen LogP contribution in [0.2, 0.25) is 0 Å². The molecule has 0 spiro atoms. The molecule has 0 bridgehead atoms. The van der Waals surface area contributed by atoms with Crippen molar-refractivity contribution < 1.29 is 4.79 Å². The first-order valence-electron chi connectivity index (χ1n) is 8.98. The lowest BCUT2D eigenvalue weighted by atomic mass is 9.75. The standard InChI is InChI=1S/C21H21N5O/c1-3-21(2)10-9-17-18(11-21)24-25-19(17)20(27)23-16-12-22-26(14-16)13-15-7-5-4-6-8-15/h1,4-8,12,14H,9-11,13H2,2H3,(H,23,27)(H,24,25). The monoisotopic (exact) mass is 359 g/mol. The second-order valence-electron chi connectivity index (χ2n) is 7.28. The number of fused-ring (bicyclic) bond motifs is 1. The molecule has 0 aliphatic heterocycles. The minimum atomic E-state index is -0.226. The Kier molecular flexibility index (Phi) is 4.28. The fourth-order valence-corrected chi connectivity index (χ4v) is 3.48. The van der Waals surface area contributed by atoms with Crippen LogP contribution in [0.3, 0.4) is 0 Å². The van der Waals surface area contributed by atoms with Crippen LogP contribution in [-0.4, -0.2) is 25.9 Å². The van der Waals surface area contributed by atoms with Crippen molar-refractivity contribution in [2.75, 3.05) is 5.32 Å². The summed E-state index contributed by atoms with van der Waals surface area (Å²) in [7, 11) is 0. The smallest absolute Gasteiger partial charge is 0.276 e. The molecule has 6 heteroatoms. The molecule has 0 fully saturated rings. The summed E-state index contributed by atoms with van der Waals surface area (Å²) >= 11 is 0. The molecular formula is C21H21N5O. The van der Waals surface area contributed by atoms with E-state index in [9.17, 15) is 4.79 Å². The highest BCUT2D eigenvalue weighted by Crippen LogP contribution is 2.35. The Hall–Kier alpha value is -3.33. The maximum Gasteiger partial charge on any atom is 0.276 e. The number of rotatable bonds is 4. The molecule has 0 saturated heterocycles. The van der Waals surface area contributed by atoms with Crippen molar-refractivity contribution in [1.82, 2.24) is 20.0 Å². The molecule has 2 aromatic heterocycles. The molecule has 1 aromatic carbocycles. The van der Waals surface area contributed by atoms with Crippen molar-refractivity contribution in [1.29, 1.82) is 0 Å². The molecule has 6 nitrogen and oxygen atoms in total. The number of carbonyl (C=O) groups excluding carboxylic acids is 1. The number of hydrogen-bond acceptors (Lipinski definition) is 3. The van der Waals surface area contributed by atoms with Gasteiger partial charge in [0, 0.05) is 29.3 Å². The largest absolute Gasteiger partial charge is 0.318 e. The maximum absolute atomic E-state index is 12.7. The van der Waals surface area contributed by atoms with Crippen LogP contribution < -0.4 is 5.32 Å². The third-order valence-electron chi connectivity index (χ3n) is 5.09. The van der Waals surface area contributed by atoms with Gasteiger partial charge in [-0.15, -0.1) is 6.42 Å². The molecule has 1 aliphatic carbocycles. The molecule has 136 valence electrons. The zero-order valence-corrected chi connectivity index (χ0v) is 15.2. The highest BCUT2D eigenvalue weighted by molar-refractivity contribution is 6.03. The second kappa shape index (κ2) is 6.76. The van der Waals surface area contributed by atoms with Crippen molar-refractivity contribution >= 4 is 11.6 Å². The third-order valence-corrected chi connectivity index (χ3v) is 5.09. The first kappa shape index (κ1) is 17.1. The summed E-state index contributed by atoms with van der Waals surface area (Å²) in [5.74, 6) is 2.64. The van der Waals surface area contributed by atoms with Gasteiger partial charge in [-0.05, 0) is 25.3 Å². The first-order chi connectivity index (χ1) is 13.1. The van der Waals surface area contributed by atoms with Gasteiger partial charge in [0.25, 0.3) is 5.91 Å². The lowest BCUT2D eigenvalue weighted by Gasteiger charge is -2.27. The Morgan fingerprint density at radius 2 is 2.22 bits per heavy atom.